The number of aliphatic hydroxyl groups is 2. The van der Waals surface area contributed by atoms with E-state index in [1.807, 2.05) is 12.2 Å². The van der Waals surface area contributed by atoms with Crippen LogP contribution < -0.4 is 0 Å². The fraction of sp³-hybridized carbons (Fsp3) is 0.768. The first-order valence-electron chi connectivity index (χ1n) is 32.9. The zero-order chi connectivity index (χ0) is 58.9. The van der Waals surface area contributed by atoms with Crippen molar-refractivity contribution < 1.29 is 58.2 Å². The largest absolute Gasteiger partial charge is 0.479 e. The first kappa shape index (κ1) is 75.2. The molecule has 0 bridgehead atoms. The Morgan fingerprint density at radius 1 is 0.420 bits per heavy atom. The zero-order valence-corrected chi connectivity index (χ0v) is 51.5. The van der Waals surface area contributed by atoms with Crippen LogP contribution in [0.15, 0.2) is 72.9 Å². The minimum atomic E-state index is -1.91. The molecule has 0 aromatic carbocycles. The monoisotopic (exact) mass is 1140 g/mol. The standard InChI is InChI=1S/C69H118O12/c1-4-7-10-13-16-19-22-25-28-30-31-33-35-37-40-43-46-49-52-55-61(70)77-58-60(79-62(71)56-53-50-47-44-41-39-36-32-29-26-23-20-17-14-11-8-5-2)59-78-69-67(65(74)64(73)66(81-69)68(75)76)80-63(72)57-54-51-48-45-42-38-34-27-24-21-18-15-12-9-6-3/h7,10,16,19,25,28,31,33,37,40,46,49,60,64-67,69,73-74H,4-6,8-9,11-15,17-18,20-24,26-27,29-30,32,34-36,38-39,41-45,47-48,50-59H2,1-3H3,(H,75,76)/b10-7-,19-16-,28-25-,33-31-,40-37-,49-46-. The summed E-state index contributed by atoms with van der Waals surface area (Å²) in [6, 6.07) is 0. The van der Waals surface area contributed by atoms with Crippen LogP contribution in [0.4, 0.5) is 0 Å². The summed E-state index contributed by atoms with van der Waals surface area (Å²) < 4.78 is 28.5. The molecule has 0 spiro atoms. The Bertz CT molecular complexity index is 1680. The number of hydrogen-bond acceptors (Lipinski definition) is 11. The van der Waals surface area contributed by atoms with Crippen molar-refractivity contribution in [3.8, 4) is 0 Å². The van der Waals surface area contributed by atoms with Crippen molar-refractivity contribution in [2.45, 2.75) is 327 Å². The molecule has 6 atom stereocenters. The average molecular weight is 1140 g/mol. The number of aliphatic hydroxyl groups excluding tert-OH is 2. The van der Waals surface area contributed by atoms with Crippen molar-refractivity contribution >= 4 is 23.9 Å². The second-order valence-corrected chi connectivity index (χ2v) is 22.4. The van der Waals surface area contributed by atoms with E-state index in [2.05, 4.69) is 81.5 Å². The van der Waals surface area contributed by atoms with E-state index in [-0.39, 0.29) is 25.9 Å². The molecule has 1 fully saturated rings. The van der Waals surface area contributed by atoms with Gasteiger partial charge in [-0.3, -0.25) is 14.4 Å². The number of carboxylic acids is 1. The van der Waals surface area contributed by atoms with Gasteiger partial charge in [0.15, 0.2) is 24.6 Å². The number of esters is 3. The number of ether oxygens (including phenoxy) is 5. The van der Waals surface area contributed by atoms with E-state index < -0.39 is 67.3 Å². The minimum Gasteiger partial charge on any atom is -0.479 e. The van der Waals surface area contributed by atoms with Crippen LogP contribution in [0.25, 0.3) is 0 Å². The summed E-state index contributed by atoms with van der Waals surface area (Å²) in [5, 5.41) is 31.6. The number of carboxylic acid groups (broad SMARTS) is 1. The highest BCUT2D eigenvalue weighted by Gasteiger charge is 2.50. The number of carbonyl (C=O) groups is 4. The third-order valence-electron chi connectivity index (χ3n) is 14.8. The van der Waals surface area contributed by atoms with Gasteiger partial charge in [0.25, 0.3) is 0 Å². The molecule has 1 saturated heterocycles. The van der Waals surface area contributed by atoms with E-state index in [9.17, 15) is 34.5 Å². The van der Waals surface area contributed by atoms with Crippen LogP contribution in [-0.2, 0) is 42.9 Å². The fourth-order valence-corrected chi connectivity index (χ4v) is 9.81. The Morgan fingerprint density at radius 3 is 1.16 bits per heavy atom. The molecular weight excluding hydrogens is 1020 g/mol. The molecule has 0 aliphatic carbocycles. The molecular formula is C69H118O12. The Kier molecular flexibility index (Phi) is 52.6. The van der Waals surface area contributed by atoms with Crippen molar-refractivity contribution in [1.29, 1.82) is 0 Å². The number of unbranched alkanes of at least 4 members (excludes halogenated alkanes) is 30. The molecule has 6 unspecified atom stereocenters. The summed E-state index contributed by atoms with van der Waals surface area (Å²) in [6.45, 7) is 5.86. The van der Waals surface area contributed by atoms with Gasteiger partial charge in [-0.15, -0.1) is 0 Å². The lowest BCUT2D eigenvalue weighted by atomic mass is 9.98. The van der Waals surface area contributed by atoms with Crippen molar-refractivity contribution in [1.82, 2.24) is 0 Å². The maximum Gasteiger partial charge on any atom is 0.335 e. The first-order chi connectivity index (χ1) is 39.6. The molecule has 1 heterocycles. The van der Waals surface area contributed by atoms with Crippen molar-refractivity contribution in [2.24, 2.45) is 0 Å². The van der Waals surface area contributed by atoms with E-state index >= 15 is 0 Å². The number of hydrogen-bond donors (Lipinski definition) is 3. The molecule has 1 aliphatic heterocycles. The number of rotatable bonds is 56. The highest BCUT2D eigenvalue weighted by atomic mass is 16.7. The molecule has 1 aliphatic rings. The fourth-order valence-electron chi connectivity index (χ4n) is 9.81. The third-order valence-corrected chi connectivity index (χ3v) is 14.8. The van der Waals surface area contributed by atoms with E-state index in [0.29, 0.717) is 19.3 Å². The molecule has 0 radical (unpaired) electrons. The molecule has 466 valence electrons. The summed E-state index contributed by atoms with van der Waals surface area (Å²) in [5.74, 6) is -3.21. The van der Waals surface area contributed by atoms with Crippen LogP contribution in [-0.4, -0.2) is 89.2 Å². The van der Waals surface area contributed by atoms with E-state index in [0.717, 1.165) is 83.5 Å². The molecule has 1 rings (SSSR count). The molecule has 0 amide bonds. The van der Waals surface area contributed by atoms with Gasteiger partial charge in [0.05, 0.1) is 6.61 Å². The van der Waals surface area contributed by atoms with Gasteiger partial charge in [-0.25, -0.2) is 4.79 Å². The maximum absolute atomic E-state index is 13.2. The predicted molar refractivity (Wildman–Crippen MR) is 331 cm³/mol. The van der Waals surface area contributed by atoms with Gasteiger partial charge in [-0.1, -0.05) is 286 Å². The summed E-state index contributed by atoms with van der Waals surface area (Å²) in [6.07, 6.45) is 60.2. The third kappa shape index (κ3) is 46.3. The Balaban J connectivity index is 2.70. The highest BCUT2D eigenvalue weighted by Crippen LogP contribution is 2.27. The quantitative estimate of drug-likeness (QED) is 0.0228. The summed E-state index contributed by atoms with van der Waals surface area (Å²) in [7, 11) is 0. The van der Waals surface area contributed by atoms with Crippen LogP contribution in [0, 0.1) is 0 Å². The minimum absolute atomic E-state index is 0.0564. The van der Waals surface area contributed by atoms with Crippen LogP contribution in [0.3, 0.4) is 0 Å². The molecule has 81 heavy (non-hydrogen) atoms. The molecule has 3 N–H and O–H groups in total. The summed E-state index contributed by atoms with van der Waals surface area (Å²) in [4.78, 5) is 51.3. The zero-order valence-electron chi connectivity index (χ0n) is 51.5. The number of aliphatic carboxylic acids is 1. The SMILES string of the molecule is CC/C=C\C/C=C\C/C=C\C/C=C\C/C=C\C/C=C\CCC(=O)OCC(COC1OC(C(=O)O)C(O)C(O)C1OC(=O)CCCCCCCCCCCCCCCCC)OC(=O)CCCCCCCCCCCCCCCCCCC. The highest BCUT2D eigenvalue weighted by molar-refractivity contribution is 5.74. The van der Waals surface area contributed by atoms with E-state index in [4.69, 9.17) is 23.7 Å². The Labute approximate surface area is 493 Å². The van der Waals surface area contributed by atoms with Crippen LogP contribution in [0.2, 0.25) is 0 Å². The van der Waals surface area contributed by atoms with Crippen molar-refractivity contribution in [3.63, 3.8) is 0 Å². The normalized spacial score (nSPS) is 18.2. The molecule has 12 heteroatoms. The van der Waals surface area contributed by atoms with Crippen molar-refractivity contribution in [2.75, 3.05) is 13.2 Å². The summed E-state index contributed by atoms with van der Waals surface area (Å²) in [5.41, 5.74) is 0. The lowest BCUT2D eigenvalue weighted by Crippen LogP contribution is -2.61. The van der Waals surface area contributed by atoms with Gasteiger partial charge < -0.3 is 39.0 Å². The lowest BCUT2D eigenvalue weighted by Gasteiger charge is -2.40. The second-order valence-electron chi connectivity index (χ2n) is 22.4. The summed E-state index contributed by atoms with van der Waals surface area (Å²) >= 11 is 0. The smallest absolute Gasteiger partial charge is 0.335 e. The molecule has 0 saturated carbocycles. The second kappa shape index (κ2) is 56.6. The van der Waals surface area contributed by atoms with Crippen LogP contribution in [0.1, 0.15) is 290 Å². The topological polar surface area (TPSA) is 175 Å². The van der Waals surface area contributed by atoms with Crippen LogP contribution in [0.5, 0.6) is 0 Å². The average Bonchev–Trinajstić information content (AvgIpc) is 3.53. The van der Waals surface area contributed by atoms with Gasteiger partial charge in [0.1, 0.15) is 18.8 Å². The van der Waals surface area contributed by atoms with Gasteiger partial charge >= 0.3 is 23.9 Å². The molecule has 0 aromatic rings. The predicted octanol–water partition coefficient (Wildman–Crippen LogP) is 17.7. The van der Waals surface area contributed by atoms with Crippen LogP contribution >= 0.6 is 0 Å². The van der Waals surface area contributed by atoms with Gasteiger partial charge in [-0.05, 0) is 57.8 Å². The van der Waals surface area contributed by atoms with E-state index in [1.165, 1.54) is 148 Å². The van der Waals surface area contributed by atoms with Gasteiger partial charge in [-0.2, -0.15) is 0 Å². The lowest BCUT2D eigenvalue weighted by molar-refractivity contribution is -0.301. The Morgan fingerprint density at radius 2 is 0.778 bits per heavy atom. The molecule has 0 aromatic heterocycles. The van der Waals surface area contributed by atoms with Gasteiger partial charge in [0, 0.05) is 19.3 Å². The van der Waals surface area contributed by atoms with Gasteiger partial charge in [0.2, 0.25) is 0 Å². The molecule has 12 nitrogen and oxygen atoms in total. The number of carbonyl (C=O) groups excluding carboxylic acids is 3. The van der Waals surface area contributed by atoms with Crippen molar-refractivity contribution in [3.05, 3.63) is 72.9 Å². The van der Waals surface area contributed by atoms with E-state index in [1.54, 1.807) is 0 Å². The first-order valence-corrected chi connectivity index (χ1v) is 32.9. The maximum atomic E-state index is 13.2. The number of allylic oxidation sites excluding steroid dienone is 12. The Hall–Kier alpha value is -3.84.